The maximum atomic E-state index is 12.8. The fourth-order valence-corrected chi connectivity index (χ4v) is 4.32. The molecule has 1 N–H and O–H groups in total. The van der Waals surface area contributed by atoms with Gasteiger partial charge in [0.05, 0.1) is 16.5 Å². The van der Waals surface area contributed by atoms with Gasteiger partial charge in [0, 0.05) is 27.1 Å². The van der Waals surface area contributed by atoms with Crippen molar-refractivity contribution in [3.8, 4) is 6.07 Å². The summed E-state index contributed by atoms with van der Waals surface area (Å²) < 4.78 is 25.5. The van der Waals surface area contributed by atoms with Gasteiger partial charge in [-0.1, -0.05) is 23.2 Å². The number of fused-ring (bicyclic) bond motifs is 1. The van der Waals surface area contributed by atoms with Gasteiger partial charge >= 0.3 is 0 Å². The number of hydrogen-bond acceptors (Lipinski definition) is 4. The number of benzene rings is 2. The SMILES string of the molecule is N#Cc1ccc2[nH]cc(S(=O)(=O)c3cc(Cl)cc(Cl)c3)c(=O)c2c1. The van der Waals surface area contributed by atoms with Gasteiger partial charge in [-0.05, 0) is 36.4 Å². The quantitative estimate of drug-likeness (QED) is 0.737. The first kappa shape index (κ1) is 16.5. The van der Waals surface area contributed by atoms with Crippen molar-refractivity contribution in [2.24, 2.45) is 0 Å². The maximum absolute atomic E-state index is 12.8. The fraction of sp³-hybridized carbons (Fsp3) is 0. The molecule has 120 valence electrons. The summed E-state index contributed by atoms with van der Waals surface area (Å²) in [5, 5.41) is 9.35. The van der Waals surface area contributed by atoms with Crippen LogP contribution in [0.15, 0.2) is 57.2 Å². The van der Waals surface area contributed by atoms with Gasteiger partial charge in [0.15, 0.2) is 0 Å². The highest BCUT2D eigenvalue weighted by atomic mass is 35.5. The van der Waals surface area contributed by atoms with E-state index in [1.54, 1.807) is 6.07 Å². The van der Waals surface area contributed by atoms with Gasteiger partial charge in [-0.25, -0.2) is 8.42 Å². The first-order valence-electron chi connectivity index (χ1n) is 6.59. The number of pyridine rings is 1. The Bertz CT molecular complexity index is 1160. The third-order valence-electron chi connectivity index (χ3n) is 3.41. The van der Waals surface area contributed by atoms with Crippen LogP contribution in [0.5, 0.6) is 0 Å². The molecule has 1 heterocycles. The molecule has 2 aromatic carbocycles. The monoisotopic (exact) mass is 378 g/mol. The average molecular weight is 379 g/mol. The van der Waals surface area contributed by atoms with Gasteiger partial charge in [-0.3, -0.25) is 4.79 Å². The number of aromatic amines is 1. The molecule has 3 aromatic rings. The minimum absolute atomic E-state index is 0.114. The van der Waals surface area contributed by atoms with E-state index in [-0.39, 0.29) is 25.9 Å². The molecule has 0 unspecified atom stereocenters. The van der Waals surface area contributed by atoms with Crippen molar-refractivity contribution in [1.82, 2.24) is 4.98 Å². The summed E-state index contributed by atoms with van der Waals surface area (Å²) in [7, 11) is -4.12. The van der Waals surface area contributed by atoms with Gasteiger partial charge in [-0.15, -0.1) is 0 Å². The van der Waals surface area contributed by atoms with Crippen LogP contribution in [0.4, 0.5) is 0 Å². The molecule has 8 heteroatoms. The van der Waals surface area contributed by atoms with Crippen LogP contribution in [0, 0.1) is 11.3 Å². The van der Waals surface area contributed by atoms with Gasteiger partial charge in [-0.2, -0.15) is 5.26 Å². The molecule has 0 aliphatic rings. The number of hydrogen-bond donors (Lipinski definition) is 1. The number of rotatable bonds is 2. The van der Waals surface area contributed by atoms with Crippen LogP contribution in [-0.4, -0.2) is 13.4 Å². The Morgan fingerprint density at radius 2 is 1.71 bits per heavy atom. The second kappa shape index (κ2) is 5.95. The molecule has 0 atom stereocenters. The lowest BCUT2D eigenvalue weighted by Gasteiger charge is -2.07. The van der Waals surface area contributed by atoms with Crippen LogP contribution in [-0.2, 0) is 9.84 Å². The zero-order chi connectivity index (χ0) is 17.5. The van der Waals surface area contributed by atoms with E-state index in [4.69, 9.17) is 28.5 Å². The van der Waals surface area contributed by atoms with E-state index >= 15 is 0 Å². The summed E-state index contributed by atoms with van der Waals surface area (Å²) in [4.78, 5) is 14.8. The maximum Gasteiger partial charge on any atom is 0.212 e. The molecule has 1 aromatic heterocycles. The zero-order valence-corrected chi connectivity index (χ0v) is 14.2. The van der Waals surface area contributed by atoms with E-state index < -0.39 is 20.2 Å². The van der Waals surface area contributed by atoms with Gasteiger partial charge < -0.3 is 4.98 Å². The van der Waals surface area contributed by atoms with E-state index in [2.05, 4.69) is 4.98 Å². The summed E-state index contributed by atoms with van der Waals surface area (Å²) in [6, 6.07) is 10.2. The van der Waals surface area contributed by atoms with Crippen molar-refractivity contribution in [1.29, 1.82) is 5.26 Å². The highest BCUT2D eigenvalue weighted by Gasteiger charge is 2.23. The van der Waals surface area contributed by atoms with Crippen LogP contribution in [0.2, 0.25) is 10.0 Å². The van der Waals surface area contributed by atoms with Crippen molar-refractivity contribution in [2.75, 3.05) is 0 Å². The molecule has 0 radical (unpaired) electrons. The molecule has 0 amide bonds. The van der Waals surface area contributed by atoms with Crippen LogP contribution in [0.3, 0.4) is 0 Å². The molecule has 0 spiro atoms. The summed E-state index contributed by atoms with van der Waals surface area (Å²) in [6.07, 6.45) is 1.13. The number of halogens is 2. The van der Waals surface area contributed by atoms with Gasteiger partial charge in [0.2, 0.25) is 15.3 Å². The lowest BCUT2D eigenvalue weighted by molar-refractivity contribution is 0.595. The summed E-state index contributed by atoms with van der Waals surface area (Å²) >= 11 is 11.7. The van der Waals surface area contributed by atoms with E-state index in [0.717, 1.165) is 6.20 Å². The van der Waals surface area contributed by atoms with Gasteiger partial charge in [0.1, 0.15) is 4.90 Å². The second-order valence-electron chi connectivity index (χ2n) is 4.96. The standard InChI is InChI=1S/C16H8Cl2N2O3S/c17-10-4-11(18)6-12(5-10)24(22,23)15-8-20-14-2-1-9(7-19)3-13(14)16(15)21/h1-6,8H,(H,20,21). The number of nitriles is 1. The van der Waals surface area contributed by atoms with Crippen LogP contribution >= 0.6 is 23.2 Å². The Hall–Kier alpha value is -2.33. The lowest BCUT2D eigenvalue weighted by Crippen LogP contribution is -2.16. The minimum Gasteiger partial charge on any atom is -0.360 e. The predicted octanol–water partition coefficient (Wildman–Crippen LogP) is 3.54. The predicted molar refractivity (Wildman–Crippen MR) is 91.2 cm³/mol. The largest absolute Gasteiger partial charge is 0.360 e. The molecular weight excluding hydrogens is 371 g/mol. The van der Waals surface area contributed by atoms with Gasteiger partial charge in [0.25, 0.3) is 0 Å². The first-order chi connectivity index (χ1) is 11.3. The zero-order valence-electron chi connectivity index (χ0n) is 11.9. The fourth-order valence-electron chi connectivity index (χ4n) is 2.28. The van der Waals surface area contributed by atoms with E-state index in [0.29, 0.717) is 5.52 Å². The molecular formula is C16H8Cl2N2O3S. The van der Waals surface area contributed by atoms with E-state index in [1.165, 1.54) is 30.3 Å². The number of H-pyrrole nitrogens is 1. The van der Waals surface area contributed by atoms with Crippen LogP contribution in [0.25, 0.3) is 10.9 Å². The van der Waals surface area contributed by atoms with Crippen molar-refractivity contribution in [2.45, 2.75) is 9.79 Å². The number of nitrogens with zero attached hydrogens (tertiary/aromatic N) is 1. The summed E-state index contributed by atoms with van der Waals surface area (Å²) in [6.45, 7) is 0. The normalized spacial score (nSPS) is 11.4. The molecule has 0 fully saturated rings. The smallest absolute Gasteiger partial charge is 0.212 e. The van der Waals surface area contributed by atoms with Crippen molar-refractivity contribution < 1.29 is 8.42 Å². The Morgan fingerprint density at radius 1 is 1.04 bits per heavy atom. The molecule has 5 nitrogen and oxygen atoms in total. The van der Waals surface area contributed by atoms with Crippen molar-refractivity contribution >= 4 is 43.9 Å². The lowest BCUT2D eigenvalue weighted by atomic mass is 10.1. The topological polar surface area (TPSA) is 90.8 Å². The molecule has 0 aliphatic heterocycles. The molecule has 3 rings (SSSR count). The molecule has 24 heavy (non-hydrogen) atoms. The highest BCUT2D eigenvalue weighted by Crippen LogP contribution is 2.26. The van der Waals surface area contributed by atoms with Crippen molar-refractivity contribution in [3.05, 3.63) is 68.4 Å². The Balaban J connectivity index is 2.31. The first-order valence-corrected chi connectivity index (χ1v) is 8.83. The molecule has 0 bridgehead atoms. The Morgan fingerprint density at radius 3 is 2.33 bits per heavy atom. The highest BCUT2D eigenvalue weighted by molar-refractivity contribution is 7.91. The molecule has 0 saturated heterocycles. The third kappa shape index (κ3) is 2.78. The third-order valence-corrected chi connectivity index (χ3v) is 5.59. The number of nitrogens with one attached hydrogen (secondary N) is 1. The minimum atomic E-state index is -4.12. The molecule has 0 aliphatic carbocycles. The summed E-state index contributed by atoms with van der Waals surface area (Å²) in [5.74, 6) is 0. The average Bonchev–Trinajstić information content (AvgIpc) is 2.54. The number of aromatic nitrogens is 1. The van der Waals surface area contributed by atoms with E-state index in [9.17, 15) is 13.2 Å². The van der Waals surface area contributed by atoms with Crippen LogP contribution < -0.4 is 5.43 Å². The van der Waals surface area contributed by atoms with Crippen LogP contribution in [0.1, 0.15) is 5.56 Å². The second-order valence-corrected chi connectivity index (χ2v) is 7.75. The number of sulfone groups is 1. The van der Waals surface area contributed by atoms with Crippen molar-refractivity contribution in [3.63, 3.8) is 0 Å². The summed E-state index contributed by atoms with van der Waals surface area (Å²) in [5.41, 5.74) is -0.00706. The Labute approximate surface area is 147 Å². The Kier molecular flexibility index (Phi) is 4.10. The molecule has 0 saturated carbocycles. The van der Waals surface area contributed by atoms with E-state index in [1.807, 2.05) is 6.07 Å².